The molecule has 96 valence electrons. The molecule has 1 aromatic rings. The molecule has 1 unspecified atom stereocenters. The standard InChI is InChI=1S/C11H20N4OS/c1-9-13-11(17-14-9)15(6-7-16-2)8-10-4-3-5-12-10/h10,12H,3-8H2,1-2H3. The van der Waals surface area contributed by atoms with E-state index in [1.54, 1.807) is 7.11 Å². The first-order chi connectivity index (χ1) is 8.29. The summed E-state index contributed by atoms with van der Waals surface area (Å²) in [5.41, 5.74) is 0. The lowest BCUT2D eigenvalue weighted by molar-refractivity contribution is 0.204. The van der Waals surface area contributed by atoms with Crippen molar-refractivity contribution in [1.82, 2.24) is 14.7 Å². The molecule has 1 atom stereocenters. The third-order valence-electron chi connectivity index (χ3n) is 2.96. The van der Waals surface area contributed by atoms with Crippen molar-refractivity contribution in [2.75, 3.05) is 38.3 Å². The smallest absolute Gasteiger partial charge is 0.205 e. The highest BCUT2D eigenvalue weighted by Crippen LogP contribution is 2.18. The predicted octanol–water partition coefficient (Wildman–Crippen LogP) is 1.05. The maximum absolute atomic E-state index is 5.16. The Labute approximate surface area is 106 Å². The summed E-state index contributed by atoms with van der Waals surface area (Å²) in [6.07, 6.45) is 2.53. The molecule has 0 radical (unpaired) electrons. The molecule has 1 aromatic heterocycles. The van der Waals surface area contributed by atoms with Gasteiger partial charge in [-0.15, -0.1) is 0 Å². The Bertz CT molecular complexity index is 338. The lowest BCUT2D eigenvalue weighted by Gasteiger charge is -2.24. The van der Waals surface area contributed by atoms with E-state index >= 15 is 0 Å². The minimum Gasteiger partial charge on any atom is -0.383 e. The second-order valence-corrected chi connectivity index (χ2v) is 5.09. The number of ether oxygens (including phenoxy) is 1. The summed E-state index contributed by atoms with van der Waals surface area (Å²) < 4.78 is 9.41. The van der Waals surface area contributed by atoms with E-state index < -0.39 is 0 Å². The maximum Gasteiger partial charge on any atom is 0.205 e. The minimum absolute atomic E-state index is 0.580. The Kier molecular flexibility index (Phi) is 4.70. The largest absolute Gasteiger partial charge is 0.383 e. The van der Waals surface area contributed by atoms with Crippen LogP contribution in [0.25, 0.3) is 0 Å². The van der Waals surface area contributed by atoms with Crippen LogP contribution in [0.2, 0.25) is 0 Å². The Morgan fingerprint density at radius 1 is 1.59 bits per heavy atom. The highest BCUT2D eigenvalue weighted by molar-refractivity contribution is 7.09. The molecule has 0 bridgehead atoms. The highest BCUT2D eigenvalue weighted by Gasteiger charge is 2.19. The Morgan fingerprint density at radius 3 is 3.06 bits per heavy atom. The van der Waals surface area contributed by atoms with Crippen LogP contribution in [-0.2, 0) is 4.74 Å². The Morgan fingerprint density at radius 2 is 2.47 bits per heavy atom. The van der Waals surface area contributed by atoms with E-state index in [0.29, 0.717) is 6.04 Å². The van der Waals surface area contributed by atoms with Crippen LogP contribution in [0.3, 0.4) is 0 Å². The molecule has 2 rings (SSSR count). The maximum atomic E-state index is 5.16. The van der Waals surface area contributed by atoms with E-state index in [1.165, 1.54) is 24.4 Å². The first-order valence-corrected chi connectivity index (χ1v) is 6.84. The zero-order valence-electron chi connectivity index (χ0n) is 10.5. The molecule has 2 heterocycles. The second kappa shape index (κ2) is 6.28. The quantitative estimate of drug-likeness (QED) is 0.824. The van der Waals surface area contributed by atoms with Crippen LogP contribution in [0.4, 0.5) is 5.13 Å². The van der Waals surface area contributed by atoms with Gasteiger partial charge in [0.25, 0.3) is 0 Å². The molecule has 0 aliphatic carbocycles. The Hall–Kier alpha value is -0.720. The van der Waals surface area contributed by atoms with Gasteiger partial charge in [-0.2, -0.15) is 4.37 Å². The SMILES string of the molecule is COCCN(CC1CCCN1)c1nc(C)ns1. The van der Waals surface area contributed by atoms with Gasteiger partial charge in [0.1, 0.15) is 5.82 Å². The fourth-order valence-electron chi connectivity index (χ4n) is 2.06. The summed E-state index contributed by atoms with van der Waals surface area (Å²) >= 11 is 1.47. The molecule has 5 nitrogen and oxygen atoms in total. The van der Waals surface area contributed by atoms with Gasteiger partial charge < -0.3 is 15.0 Å². The van der Waals surface area contributed by atoms with Crippen molar-refractivity contribution in [2.45, 2.75) is 25.8 Å². The van der Waals surface area contributed by atoms with Crippen molar-refractivity contribution in [3.05, 3.63) is 5.82 Å². The fourth-order valence-corrected chi connectivity index (χ4v) is 2.77. The fraction of sp³-hybridized carbons (Fsp3) is 0.818. The van der Waals surface area contributed by atoms with Crippen LogP contribution < -0.4 is 10.2 Å². The van der Waals surface area contributed by atoms with Gasteiger partial charge in [0.2, 0.25) is 5.13 Å². The number of nitrogens with one attached hydrogen (secondary N) is 1. The molecule has 0 amide bonds. The lowest BCUT2D eigenvalue weighted by atomic mass is 10.2. The first-order valence-electron chi connectivity index (χ1n) is 6.07. The summed E-state index contributed by atoms with van der Waals surface area (Å²) in [5, 5.41) is 4.52. The number of methoxy groups -OCH3 is 1. The van der Waals surface area contributed by atoms with Gasteiger partial charge in [0.05, 0.1) is 6.61 Å². The molecule has 0 saturated carbocycles. The van der Waals surface area contributed by atoms with Gasteiger partial charge in [-0.25, -0.2) is 4.98 Å². The van der Waals surface area contributed by atoms with E-state index in [9.17, 15) is 0 Å². The summed E-state index contributed by atoms with van der Waals surface area (Å²) in [6, 6.07) is 0.580. The van der Waals surface area contributed by atoms with Gasteiger partial charge in [0.15, 0.2) is 0 Å². The van der Waals surface area contributed by atoms with Crippen LogP contribution in [0, 0.1) is 6.92 Å². The van der Waals surface area contributed by atoms with Crippen LogP contribution >= 0.6 is 11.5 Å². The van der Waals surface area contributed by atoms with Crippen molar-refractivity contribution < 1.29 is 4.74 Å². The second-order valence-electron chi connectivity index (χ2n) is 4.36. The number of hydrogen-bond acceptors (Lipinski definition) is 6. The van der Waals surface area contributed by atoms with Crippen molar-refractivity contribution >= 4 is 16.7 Å². The topological polar surface area (TPSA) is 50.3 Å². The average Bonchev–Trinajstić information content (AvgIpc) is 2.95. The minimum atomic E-state index is 0.580. The molecule has 1 fully saturated rings. The molecular formula is C11H20N4OS. The molecule has 6 heteroatoms. The van der Waals surface area contributed by atoms with Crippen LogP contribution in [0.1, 0.15) is 18.7 Å². The third kappa shape index (κ3) is 3.62. The van der Waals surface area contributed by atoms with E-state index in [0.717, 1.165) is 37.2 Å². The summed E-state index contributed by atoms with van der Waals surface area (Å²) in [5.74, 6) is 0.854. The number of hydrogen-bond donors (Lipinski definition) is 1. The average molecular weight is 256 g/mol. The normalized spacial score (nSPS) is 19.8. The van der Waals surface area contributed by atoms with Crippen LogP contribution in [-0.4, -0.2) is 48.8 Å². The van der Waals surface area contributed by atoms with E-state index in [2.05, 4.69) is 19.6 Å². The lowest BCUT2D eigenvalue weighted by Crippen LogP contribution is -2.39. The Balaban J connectivity index is 1.96. The van der Waals surface area contributed by atoms with Crippen molar-refractivity contribution in [2.24, 2.45) is 0 Å². The molecule has 1 N–H and O–H groups in total. The van der Waals surface area contributed by atoms with Crippen molar-refractivity contribution in [1.29, 1.82) is 0 Å². The molecule has 1 aliphatic rings. The number of aryl methyl sites for hydroxylation is 1. The highest BCUT2D eigenvalue weighted by atomic mass is 32.1. The number of rotatable bonds is 6. The van der Waals surface area contributed by atoms with E-state index in [-0.39, 0.29) is 0 Å². The molecule has 1 aliphatic heterocycles. The first kappa shape index (κ1) is 12.7. The summed E-state index contributed by atoms with van der Waals surface area (Å²) in [4.78, 5) is 6.73. The van der Waals surface area contributed by atoms with Gasteiger partial charge in [-0.1, -0.05) is 0 Å². The third-order valence-corrected chi connectivity index (χ3v) is 3.82. The van der Waals surface area contributed by atoms with Crippen molar-refractivity contribution in [3.63, 3.8) is 0 Å². The monoisotopic (exact) mass is 256 g/mol. The van der Waals surface area contributed by atoms with E-state index in [1.807, 2.05) is 6.92 Å². The number of aromatic nitrogens is 2. The number of anilines is 1. The van der Waals surface area contributed by atoms with Crippen molar-refractivity contribution in [3.8, 4) is 0 Å². The van der Waals surface area contributed by atoms with Crippen LogP contribution in [0.15, 0.2) is 0 Å². The van der Waals surface area contributed by atoms with Crippen LogP contribution in [0.5, 0.6) is 0 Å². The zero-order chi connectivity index (χ0) is 12.1. The molecule has 0 spiro atoms. The van der Waals surface area contributed by atoms with Gasteiger partial charge in [0, 0.05) is 37.8 Å². The number of nitrogens with zero attached hydrogens (tertiary/aromatic N) is 3. The molecule has 17 heavy (non-hydrogen) atoms. The van der Waals surface area contributed by atoms with E-state index in [4.69, 9.17) is 4.74 Å². The van der Waals surface area contributed by atoms with Gasteiger partial charge in [-0.05, 0) is 26.3 Å². The van der Waals surface area contributed by atoms with Gasteiger partial charge >= 0.3 is 0 Å². The molecule has 0 aromatic carbocycles. The summed E-state index contributed by atoms with van der Waals surface area (Å²) in [6.45, 7) is 5.67. The zero-order valence-corrected chi connectivity index (χ0v) is 11.3. The summed E-state index contributed by atoms with van der Waals surface area (Å²) in [7, 11) is 1.73. The van der Waals surface area contributed by atoms with Gasteiger partial charge in [-0.3, -0.25) is 0 Å². The molecular weight excluding hydrogens is 236 g/mol. The molecule has 1 saturated heterocycles. The predicted molar refractivity (Wildman–Crippen MR) is 69.8 cm³/mol.